The fraction of sp³-hybridized carbons (Fsp3) is 0.222. The molecular weight excluding hydrogens is 324 g/mol. The fourth-order valence-electron chi connectivity index (χ4n) is 2.36. The first kappa shape index (κ1) is 16.6. The average molecular weight is 342 g/mol. The maximum absolute atomic E-state index is 12.0. The second-order valence-corrected chi connectivity index (χ2v) is 6.07. The molecule has 7 heteroatoms. The Morgan fingerprint density at radius 2 is 1.68 bits per heavy atom. The van der Waals surface area contributed by atoms with Gasteiger partial charge in [-0.05, 0) is 29.8 Å². The van der Waals surface area contributed by atoms with Crippen LogP contribution in [0.1, 0.15) is 19.4 Å². The third-order valence-electron chi connectivity index (χ3n) is 3.51. The highest BCUT2D eigenvalue weighted by molar-refractivity contribution is 6.39. The van der Waals surface area contributed by atoms with E-state index in [-0.39, 0.29) is 12.3 Å². The molecule has 7 nitrogen and oxygen atoms in total. The number of carbonyl (C=O) groups excluding carboxylic acids is 2. The molecule has 2 aromatic carbocycles. The summed E-state index contributed by atoms with van der Waals surface area (Å²) >= 11 is 0. The van der Waals surface area contributed by atoms with Gasteiger partial charge in [0.1, 0.15) is 5.75 Å². The molecule has 0 atom stereocenters. The smallest absolute Gasteiger partial charge is 0.313 e. The van der Waals surface area contributed by atoms with E-state index >= 15 is 0 Å². The van der Waals surface area contributed by atoms with E-state index in [1.807, 2.05) is 0 Å². The molecule has 130 valence electrons. The number of carbonyl (C=O) groups is 2. The van der Waals surface area contributed by atoms with Gasteiger partial charge < -0.3 is 25.2 Å². The maximum Gasteiger partial charge on any atom is 0.313 e. The molecule has 1 aliphatic heterocycles. The molecule has 3 rings (SSSR count). The Morgan fingerprint density at radius 1 is 1.00 bits per heavy atom. The molecule has 0 spiro atoms. The van der Waals surface area contributed by atoms with Crippen molar-refractivity contribution in [3.05, 3.63) is 48.0 Å². The first-order valence-electron chi connectivity index (χ1n) is 7.71. The number of phenolic OH excluding ortho intramolecular Hbond substituents is 1. The molecule has 0 bridgehead atoms. The van der Waals surface area contributed by atoms with Crippen molar-refractivity contribution in [1.29, 1.82) is 0 Å². The van der Waals surface area contributed by atoms with E-state index < -0.39 is 17.6 Å². The number of benzene rings is 2. The minimum absolute atomic E-state index is 0.138. The van der Waals surface area contributed by atoms with Gasteiger partial charge in [0.2, 0.25) is 5.79 Å². The van der Waals surface area contributed by atoms with E-state index in [0.29, 0.717) is 17.2 Å². The zero-order valence-corrected chi connectivity index (χ0v) is 13.8. The summed E-state index contributed by atoms with van der Waals surface area (Å²) in [5, 5.41) is 14.2. The van der Waals surface area contributed by atoms with Gasteiger partial charge in [-0.3, -0.25) is 9.59 Å². The van der Waals surface area contributed by atoms with Gasteiger partial charge >= 0.3 is 11.8 Å². The highest BCUT2D eigenvalue weighted by Crippen LogP contribution is 2.40. The second kappa shape index (κ2) is 6.35. The molecule has 0 aromatic heterocycles. The SMILES string of the molecule is CC1(C)Oc2ccc(NC(=O)C(=O)NCc3ccc(O)cc3)cc2O1. The zero-order chi connectivity index (χ0) is 18.0. The molecule has 0 saturated carbocycles. The monoisotopic (exact) mass is 342 g/mol. The number of phenols is 1. The lowest BCUT2D eigenvalue weighted by atomic mass is 10.2. The van der Waals surface area contributed by atoms with E-state index in [2.05, 4.69) is 10.6 Å². The van der Waals surface area contributed by atoms with Crippen LogP contribution in [0.5, 0.6) is 17.2 Å². The van der Waals surface area contributed by atoms with Crippen molar-refractivity contribution in [1.82, 2.24) is 5.32 Å². The van der Waals surface area contributed by atoms with Crippen LogP contribution in [-0.4, -0.2) is 22.7 Å². The predicted octanol–water partition coefficient (Wildman–Crippen LogP) is 2.15. The number of fused-ring (bicyclic) bond motifs is 1. The minimum atomic E-state index is -0.781. The van der Waals surface area contributed by atoms with Crippen molar-refractivity contribution in [2.75, 3.05) is 5.32 Å². The Hall–Kier alpha value is -3.22. The van der Waals surface area contributed by atoms with Crippen LogP contribution in [-0.2, 0) is 16.1 Å². The van der Waals surface area contributed by atoms with Crippen molar-refractivity contribution in [2.45, 2.75) is 26.2 Å². The Labute approximate surface area is 144 Å². The Kier molecular flexibility index (Phi) is 4.22. The number of rotatable bonds is 3. The van der Waals surface area contributed by atoms with Crippen LogP contribution >= 0.6 is 0 Å². The number of hydrogen-bond donors (Lipinski definition) is 3. The van der Waals surface area contributed by atoms with Crippen molar-refractivity contribution in [3.63, 3.8) is 0 Å². The summed E-state index contributed by atoms with van der Waals surface area (Å²) in [6, 6.07) is 11.3. The molecule has 2 aromatic rings. The number of nitrogens with one attached hydrogen (secondary N) is 2. The van der Waals surface area contributed by atoms with E-state index in [9.17, 15) is 14.7 Å². The Balaban J connectivity index is 1.57. The first-order valence-corrected chi connectivity index (χ1v) is 7.71. The van der Waals surface area contributed by atoms with Gasteiger partial charge in [0.05, 0.1) is 0 Å². The van der Waals surface area contributed by atoms with Crippen LogP contribution in [0.25, 0.3) is 0 Å². The van der Waals surface area contributed by atoms with E-state index in [1.165, 1.54) is 12.1 Å². The van der Waals surface area contributed by atoms with Gasteiger partial charge in [-0.25, -0.2) is 0 Å². The number of ether oxygens (including phenoxy) is 2. The molecule has 25 heavy (non-hydrogen) atoms. The zero-order valence-electron chi connectivity index (χ0n) is 13.8. The molecule has 0 radical (unpaired) electrons. The Morgan fingerprint density at radius 3 is 2.40 bits per heavy atom. The van der Waals surface area contributed by atoms with Crippen molar-refractivity contribution >= 4 is 17.5 Å². The summed E-state index contributed by atoms with van der Waals surface area (Å²) in [6.45, 7) is 3.74. The van der Waals surface area contributed by atoms with Gasteiger partial charge in [0.15, 0.2) is 11.5 Å². The molecule has 0 saturated heterocycles. The van der Waals surface area contributed by atoms with Crippen LogP contribution in [0.3, 0.4) is 0 Å². The van der Waals surface area contributed by atoms with Crippen molar-refractivity contribution in [3.8, 4) is 17.2 Å². The average Bonchev–Trinajstić information content (AvgIpc) is 2.87. The topological polar surface area (TPSA) is 96.9 Å². The first-order chi connectivity index (χ1) is 11.8. The third kappa shape index (κ3) is 4.00. The second-order valence-electron chi connectivity index (χ2n) is 6.07. The molecule has 1 heterocycles. The lowest BCUT2D eigenvalue weighted by Gasteiger charge is -2.16. The standard InChI is InChI=1S/C18H18N2O5/c1-18(2)24-14-8-5-12(9-15(14)25-18)20-17(23)16(22)19-10-11-3-6-13(21)7-4-11/h3-9,21H,10H2,1-2H3,(H,19,22)(H,20,23). The summed E-state index contributed by atoms with van der Waals surface area (Å²) in [5.74, 6) is -1.07. The lowest BCUT2D eigenvalue weighted by Crippen LogP contribution is -2.34. The fourth-order valence-corrected chi connectivity index (χ4v) is 2.36. The summed E-state index contributed by atoms with van der Waals surface area (Å²) in [5.41, 5.74) is 1.20. The highest BCUT2D eigenvalue weighted by Gasteiger charge is 2.31. The Bertz CT molecular complexity index is 815. The van der Waals surface area contributed by atoms with Crippen LogP contribution < -0.4 is 20.1 Å². The molecular formula is C18H18N2O5. The molecule has 3 N–H and O–H groups in total. The van der Waals surface area contributed by atoms with Crippen LogP contribution in [0.15, 0.2) is 42.5 Å². The van der Waals surface area contributed by atoms with Crippen LogP contribution in [0, 0.1) is 0 Å². The number of hydrogen-bond acceptors (Lipinski definition) is 5. The molecule has 0 aliphatic carbocycles. The van der Waals surface area contributed by atoms with E-state index in [4.69, 9.17) is 9.47 Å². The molecule has 0 unspecified atom stereocenters. The number of amides is 2. The van der Waals surface area contributed by atoms with Gasteiger partial charge in [0.25, 0.3) is 0 Å². The number of anilines is 1. The van der Waals surface area contributed by atoms with E-state index in [0.717, 1.165) is 5.56 Å². The van der Waals surface area contributed by atoms with Gasteiger partial charge in [0, 0.05) is 32.1 Å². The normalized spacial score (nSPS) is 14.0. The predicted molar refractivity (Wildman–Crippen MR) is 90.4 cm³/mol. The van der Waals surface area contributed by atoms with Gasteiger partial charge in [-0.2, -0.15) is 0 Å². The van der Waals surface area contributed by atoms with Crippen LogP contribution in [0.2, 0.25) is 0 Å². The summed E-state index contributed by atoms with van der Waals surface area (Å²) in [7, 11) is 0. The molecule has 0 fully saturated rings. The third-order valence-corrected chi connectivity index (χ3v) is 3.51. The maximum atomic E-state index is 12.0. The van der Waals surface area contributed by atoms with E-state index in [1.54, 1.807) is 44.2 Å². The van der Waals surface area contributed by atoms with Gasteiger partial charge in [-0.1, -0.05) is 12.1 Å². The molecule has 2 amide bonds. The van der Waals surface area contributed by atoms with Gasteiger partial charge in [-0.15, -0.1) is 0 Å². The molecule has 1 aliphatic rings. The van der Waals surface area contributed by atoms with Crippen molar-refractivity contribution in [2.24, 2.45) is 0 Å². The summed E-state index contributed by atoms with van der Waals surface area (Å²) < 4.78 is 11.2. The van der Waals surface area contributed by atoms with Crippen molar-refractivity contribution < 1.29 is 24.2 Å². The number of aromatic hydroxyl groups is 1. The quantitative estimate of drug-likeness (QED) is 0.743. The van der Waals surface area contributed by atoms with Crippen LogP contribution in [0.4, 0.5) is 5.69 Å². The summed E-state index contributed by atoms with van der Waals surface area (Å²) in [4.78, 5) is 23.9. The highest BCUT2D eigenvalue weighted by atomic mass is 16.7. The largest absolute Gasteiger partial charge is 0.508 e. The lowest BCUT2D eigenvalue weighted by molar-refractivity contribution is -0.136. The minimum Gasteiger partial charge on any atom is -0.508 e. The summed E-state index contributed by atoms with van der Waals surface area (Å²) in [6.07, 6.45) is 0.